The maximum Gasteiger partial charge on any atom is 0.226 e. The number of hydrogen-bond acceptors (Lipinski definition) is 6. The van der Waals surface area contributed by atoms with E-state index in [1.54, 1.807) is 0 Å². The Morgan fingerprint density at radius 2 is 2.17 bits per heavy atom. The fourth-order valence-electron chi connectivity index (χ4n) is 3.30. The molecule has 0 unspecified atom stereocenters. The van der Waals surface area contributed by atoms with E-state index in [-0.39, 0.29) is 12.1 Å². The van der Waals surface area contributed by atoms with Crippen molar-refractivity contribution in [3.63, 3.8) is 0 Å². The zero-order chi connectivity index (χ0) is 17.1. The maximum atomic E-state index is 5.99. The van der Waals surface area contributed by atoms with E-state index in [9.17, 15) is 0 Å². The zero-order valence-electron chi connectivity index (χ0n) is 15.0. The Balaban J connectivity index is 1.63. The Hall–Kier alpha value is -1.73. The molecule has 7 heteroatoms. The second-order valence-electron chi connectivity index (χ2n) is 6.48. The Morgan fingerprint density at radius 1 is 1.33 bits per heavy atom. The highest BCUT2D eigenvalue weighted by molar-refractivity contribution is 5.29. The van der Waals surface area contributed by atoms with E-state index in [1.165, 1.54) is 5.56 Å². The minimum atomic E-state index is 0.0326. The topological polar surface area (TPSA) is 78.0 Å². The van der Waals surface area contributed by atoms with Crippen LogP contribution in [0.1, 0.15) is 61.0 Å². The molecule has 0 saturated carbocycles. The van der Waals surface area contributed by atoms with E-state index >= 15 is 0 Å². The first-order valence-corrected chi connectivity index (χ1v) is 8.76. The molecule has 132 valence electrons. The Labute approximate surface area is 142 Å². The van der Waals surface area contributed by atoms with E-state index in [1.807, 2.05) is 18.7 Å². The zero-order valence-corrected chi connectivity index (χ0v) is 15.0. The van der Waals surface area contributed by atoms with Gasteiger partial charge >= 0.3 is 0 Å². The minimum absolute atomic E-state index is 0.0326. The smallest absolute Gasteiger partial charge is 0.226 e. The van der Waals surface area contributed by atoms with Gasteiger partial charge in [0.25, 0.3) is 0 Å². The van der Waals surface area contributed by atoms with Crippen LogP contribution in [-0.2, 0) is 24.8 Å². The third-order valence-electron chi connectivity index (χ3n) is 4.72. The molecule has 0 amide bonds. The summed E-state index contributed by atoms with van der Waals surface area (Å²) in [6.07, 6.45) is 4.06. The van der Waals surface area contributed by atoms with Gasteiger partial charge in [-0.1, -0.05) is 18.5 Å². The number of hydrogen-bond donors (Lipinski definition) is 1. The van der Waals surface area contributed by atoms with Gasteiger partial charge in [0.15, 0.2) is 5.82 Å². The third kappa shape index (κ3) is 3.52. The molecular weight excluding hydrogens is 306 g/mol. The quantitative estimate of drug-likeness (QED) is 0.838. The van der Waals surface area contributed by atoms with Crippen molar-refractivity contribution in [3.05, 3.63) is 28.7 Å². The average Bonchev–Trinajstić information content (AvgIpc) is 3.24. The van der Waals surface area contributed by atoms with Crippen LogP contribution in [0.5, 0.6) is 0 Å². The Kier molecular flexibility index (Phi) is 5.30. The first kappa shape index (κ1) is 17.1. The highest BCUT2D eigenvalue weighted by Gasteiger charge is 2.33. The average molecular weight is 333 g/mol. The molecule has 1 aliphatic heterocycles. The van der Waals surface area contributed by atoms with Crippen LogP contribution in [0.15, 0.2) is 4.52 Å². The van der Waals surface area contributed by atoms with Gasteiger partial charge in [0, 0.05) is 37.4 Å². The maximum absolute atomic E-state index is 5.99. The lowest BCUT2D eigenvalue weighted by Gasteiger charge is -2.20. The van der Waals surface area contributed by atoms with Gasteiger partial charge in [-0.15, -0.1) is 0 Å². The monoisotopic (exact) mass is 333 g/mol. The lowest BCUT2D eigenvalue weighted by molar-refractivity contribution is 0.0972. The second-order valence-corrected chi connectivity index (χ2v) is 6.48. The summed E-state index contributed by atoms with van der Waals surface area (Å²) in [4.78, 5) is 4.45. The highest BCUT2D eigenvalue weighted by atomic mass is 16.5. The van der Waals surface area contributed by atoms with Crippen molar-refractivity contribution < 1.29 is 9.26 Å². The van der Waals surface area contributed by atoms with Crippen molar-refractivity contribution in [3.8, 4) is 0 Å². The molecule has 0 spiro atoms. The lowest BCUT2D eigenvalue weighted by Crippen LogP contribution is -2.32. The number of unbranched alkanes of at least 4 members (excludes halogenated alkanes) is 1. The van der Waals surface area contributed by atoms with Crippen LogP contribution < -0.4 is 5.32 Å². The first-order chi connectivity index (χ1) is 11.6. The van der Waals surface area contributed by atoms with Crippen LogP contribution in [0.4, 0.5) is 0 Å². The van der Waals surface area contributed by atoms with Crippen molar-refractivity contribution in [2.75, 3.05) is 6.61 Å². The van der Waals surface area contributed by atoms with Gasteiger partial charge < -0.3 is 14.6 Å². The van der Waals surface area contributed by atoms with Crippen molar-refractivity contribution in [2.45, 2.75) is 65.1 Å². The fraction of sp³-hybridized carbons (Fsp3) is 0.706. The largest absolute Gasteiger partial charge is 0.372 e. The summed E-state index contributed by atoms with van der Waals surface area (Å²) in [6.45, 7) is 7.64. The van der Waals surface area contributed by atoms with Gasteiger partial charge in [-0.25, -0.2) is 0 Å². The molecule has 3 heterocycles. The second kappa shape index (κ2) is 7.44. The molecule has 1 saturated heterocycles. The molecule has 24 heavy (non-hydrogen) atoms. The first-order valence-electron chi connectivity index (χ1n) is 8.76. The molecule has 0 bridgehead atoms. The summed E-state index contributed by atoms with van der Waals surface area (Å²) >= 11 is 0. The molecule has 0 radical (unpaired) electrons. The van der Waals surface area contributed by atoms with E-state index in [2.05, 4.69) is 34.4 Å². The normalized spacial score (nSPS) is 20.8. The standard InChI is InChI=1S/C17H27N5O2/c1-5-6-7-15-19-14(21-24-15)10-18-13-8-9-23-17(13)16-11(2)20-22(4)12(16)3/h13,17-18H,5-10H2,1-4H3/t13-,17-/m0/s1. The van der Waals surface area contributed by atoms with Crippen LogP contribution in [0, 0.1) is 13.8 Å². The summed E-state index contributed by atoms with van der Waals surface area (Å²) in [5.41, 5.74) is 3.40. The summed E-state index contributed by atoms with van der Waals surface area (Å²) < 4.78 is 13.2. The van der Waals surface area contributed by atoms with Gasteiger partial charge in [0.2, 0.25) is 5.89 Å². The van der Waals surface area contributed by atoms with Crippen molar-refractivity contribution in [2.24, 2.45) is 7.05 Å². The van der Waals surface area contributed by atoms with Crippen LogP contribution in [0.25, 0.3) is 0 Å². The Bertz CT molecular complexity index is 679. The van der Waals surface area contributed by atoms with Gasteiger partial charge in [-0.05, 0) is 26.7 Å². The van der Waals surface area contributed by atoms with Crippen LogP contribution in [0.2, 0.25) is 0 Å². The van der Waals surface area contributed by atoms with E-state index < -0.39 is 0 Å². The highest BCUT2D eigenvalue weighted by Crippen LogP contribution is 2.33. The van der Waals surface area contributed by atoms with Gasteiger partial charge in [0.1, 0.15) is 6.10 Å². The molecule has 1 aliphatic rings. The summed E-state index contributed by atoms with van der Waals surface area (Å²) in [5, 5.41) is 12.1. The predicted molar refractivity (Wildman–Crippen MR) is 89.5 cm³/mol. The molecule has 3 rings (SSSR count). The van der Waals surface area contributed by atoms with E-state index in [4.69, 9.17) is 9.26 Å². The molecule has 2 aromatic heterocycles. The van der Waals surface area contributed by atoms with Crippen LogP contribution in [0.3, 0.4) is 0 Å². The molecule has 2 atom stereocenters. The SMILES string of the molecule is CCCCc1nc(CN[C@H]2CCO[C@@H]2c2c(C)nn(C)c2C)no1. The van der Waals surface area contributed by atoms with Gasteiger partial charge in [0.05, 0.1) is 12.2 Å². The molecule has 0 aromatic carbocycles. The summed E-state index contributed by atoms with van der Waals surface area (Å²) in [5.74, 6) is 1.44. The number of aromatic nitrogens is 4. The number of nitrogens with zero attached hydrogens (tertiary/aromatic N) is 4. The van der Waals surface area contributed by atoms with Gasteiger partial charge in [-0.3, -0.25) is 4.68 Å². The van der Waals surface area contributed by atoms with Crippen LogP contribution >= 0.6 is 0 Å². The van der Waals surface area contributed by atoms with Crippen molar-refractivity contribution >= 4 is 0 Å². The number of rotatable bonds is 7. The number of nitrogens with one attached hydrogen (secondary N) is 1. The minimum Gasteiger partial charge on any atom is -0.372 e. The lowest BCUT2D eigenvalue weighted by atomic mass is 10.0. The number of aryl methyl sites for hydroxylation is 3. The van der Waals surface area contributed by atoms with Crippen molar-refractivity contribution in [1.29, 1.82) is 0 Å². The molecule has 1 N–H and O–H groups in total. The fourth-order valence-corrected chi connectivity index (χ4v) is 3.30. The summed E-state index contributed by atoms with van der Waals surface area (Å²) in [6, 6.07) is 0.240. The summed E-state index contributed by atoms with van der Waals surface area (Å²) in [7, 11) is 1.97. The Morgan fingerprint density at radius 3 is 2.88 bits per heavy atom. The molecule has 1 fully saturated rings. The molecule has 7 nitrogen and oxygen atoms in total. The number of ether oxygens (including phenoxy) is 1. The predicted octanol–water partition coefficient (Wildman–Crippen LogP) is 2.38. The molecule has 2 aromatic rings. The molecular formula is C17H27N5O2. The van der Waals surface area contributed by atoms with Crippen molar-refractivity contribution in [1.82, 2.24) is 25.2 Å². The third-order valence-corrected chi connectivity index (χ3v) is 4.72. The molecule has 0 aliphatic carbocycles. The van der Waals surface area contributed by atoms with E-state index in [0.717, 1.165) is 49.6 Å². The van der Waals surface area contributed by atoms with E-state index in [0.29, 0.717) is 12.4 Å². The van der Waals surface area contributed by atoms with Crippen LogP contribution in [-0.4, -0.2) is 32.6 Å². The van der Waals surface area contributed by atoms with Gasteiger partial charge in [-0.2, -0.15) is 10.1 Å².